The Morgan fingerprint density at radius 1 is 0.938 bits per heavy atom. The van der Waals surface area contributed by atoms with E-state index >= 15 is 0 Å². The van der Waals surface area contributed by atoms with Crippen molar-refractivity contribution in [3.8, 4) is 17.0 Å². The predicted molar refractivity (Wildman–Crippen MR) is 125 cm³/mol. The minimum absolute atomic E-state index is 0.436. The van der Waals surface area contributed by atoms with Gasteiger partial charge in [0.15, 0.2) is 0 Å². The molecule has 32 heavy (non-hydrogen) atoms. The standard InChI is InChI=1S/C26H24N4O2/c1-15-3-6-20-24(9-15)32-8-7-21-26(20)30-25(29-21)14-31-13-17-4-5-18-11-22-23(12-19(18)10-17)28-16(2)27-22/h3-6,9-12H,7-8,13-14H2,1-2H3,(H,27,28)(H,29,30). The predicted octanol–water partition coefficient (Wildman–Crippen LogP) is 5.37. The van der Waals surface area contributed by atoms with Crippen molar-refractivity contribution in [3.63, 3.8) is 0 Å². The van der Waals surface area contributed by atoms with Crippen molar-refractivity contribution in [1.82, 2.24) is 19.9 Å². The molecule has 0 saturated heterocycles. The number of H-pyrrole nitrogens is 2. The number of aromatic nitrogens is 4. The minimum atomic E-state index is 0.436. The fraction of sp³-hybridized carbons (Fsp3) is 0.231. The Morgan fingerprint density at radius 3 is 2.81 bits per heavy atom. The van der Waals surface area contributed by atoms with Gasteiger partial charge in [0.1, 0.15) is 24.0 Å². The molecule has 0 saturated carbocycles. The molecule has 1 aliphatic rings. The SMILES string of the molecule is Cc1ccc2c(c1)OCCc1[nH]c(COCc3ccc4cc5nc(C)[nH]c5cc4c3)nc1-2. The molecular formula is C26H24N4O2. The Labute approximate surface area is 185 Å². The van der Waals surface area contributed by atoms with Gasteiger partial charge in [0.2, 0.25) is 0 Å². The lowest BCUT2D eigenvalue weighted by atomic mass is 10.1. The first-order valence-electron chi connectivity index (χ1n) is 10.9. The summed E-state index contributed by atoms with van der Waals surface area (Å²) < 4.78 is 11.9. The van der Waals surface area contributed by atoms with E-state index in [0.29, 0.717) is 19.8 Å². The lowest BCUT2D eigenvalue weighted by Crippen LogP contribution is -2.01. The summed E-state index contributed by atoms with van der Waals surface area (Å²) >= 11 is 0. The van der Waals surface area contributed by atoms with Gasteiger partial charge < -0.3 is 19.4 Å². The molecule has 0 radical (unpaired) electrons. The lowest BCUT2D eigenvalue weighted by Gasteiger charge is -2.07. The Morgan fingerprint density at radius 2 is 1.88 bits per heavy atom. The summed E-state index contributed by atoms with van der Waals surface area (Å²) in [6.45, 7) is 5.66. The average molecular weight is 425 g/mol. The molecular weight excluding hydrogens is 400 g/mol. The smallest absolute Gasteiger partial charge is 0.133 e. The van der Waals surface area contributed by atoms with E-state index in [4.69, 9.17) is 14.5 Å². The van der Waals surface area contributed by atoms with Crippen LogP contribution in [0.25, 0.3) is 33.1 Å². The van der Waals surface area contributed by atoms with E-state index in [9.17, 15) is 0 Å². The molecule has 6 nitrogen and oxygen atoms in total. The van der Waals surface area contributed by atoms with Crippen molar-refractivity contribution in [2.24, 2.45) is 0 Å². The molecule has 6 heteroatoms. The van der Waals surface area contributed by atoms with E-state index in [1.165, 1.54) is 16.3 Å². The van der Waals surface area contributed by atoms with E-state index in [1.807, 2.05) is 6.92 Å². The number of ether oxygens (including phenoxy) is 2. The number of benzene rings is 3. The second-order valence-electron chi connectivity index (χ2n) is 8.47. The van der Waals surface area contributed by atoms with Crippen molar-refractivity contribution in [1.29, 1.82) is 0 Å². The van der Waals surface area contributed by atoms with Crippen molar-refractivity contribution in [2.75, 3.05) is 6.61 Å². The van der Waals surface area contributed by atoms with E-state index in [-0.39, 0.29) is 0 Å². The van der Waals surface area contributed by atoms with Gasteiger partial charge in [0.25, 0.3) is 0 Å². The van der Waals surface area contributed by atoms with Gasteiger partial charge in [-0.15, -0.1) is 0 Å². The Balaban J connectivity index is 1.19. The van der Waals surface area contributed by atoms with Gasteiger partial charge in [-0.3, -0.25) is 0 Å². The highest BCUT2D eigenvalue weighted by Crippen LogP contribution is 2.34. The highest BCUT2D eigenvalue weighted by molar-refractivity contribution is 5.95. The zero-order chi connectivity index (χ0) is 21.7. The summed E-state index contributed by atoms with van der Waals surface area (Å²) in [6.07, 6.45) is 0.808. The summed E-state index contributed by atoms with van der Waals surface area (Å²) in [5, 5.41) is 2.36. The molecule has 2 N–H and O–H groups in total. The van der Waals surface area contributed by atoms with Crippen LogP contribution in [0.5, 0.6) is 5.75 Å². The maximum Gasteiger partial charge on any atom is 0.133 e. The second-order valence-corrected chi connectivity index (χ2v) is 8.47. The first-order valence-corrected chi connectivity index (χ1v) is 10.9. The van der Waals surface area contributed by atoms with Crippen LogP contribution in [0, 0.1) is 13.8 Å². The third kappa shape index (κ3) is 3.42. The van der Waals surface area contributed by atoms with E-state index < -0.39 is 0 Å². The fourth-order valence-electron chi connectivity index (χ4n) is 4.43. The number of rotatable bonds is 4. The number of fused-ring (bicyclic) bond motifs is 5. The zero-order valence-electron chi connectivity index (χ0n) is 18.2. The largest absolute Gasteiger partial charge is 0.492 e. The highest BCUT2D eigenvalue weighted by Gasteiger charge is 2.20. The van der Waals surface area contributed by atoms with Gasteiger partial charge in [-0.1, -0.05) is 18.2 Å². The van der Waals surface area contributed by atoms with Crippen LogP contribution in [0.3, 0.4) is 0 Å². The van der Waals surface area contributed by atoms with Gasteiger partial charge in [-0.25, -0.2) is 9.97 Å². The lowest BCUT2D eigenvalue weighted by molar-refractivity contribution is 0.102. The second kappa shape index (κ2) is 7.50. The Hall–Kier alpha value is -3.64. The van der Waals surface area contributed by atoms with Crippen LogP contribution in [0.15, 0.2) is 48.5 Å². The molecule has 0 fully saturated rings. The number of hydrogen-bond donors (Lipinski definition) is 2. The molecule has 0 unspecified atom stereocenters. The van der Waals surface area contributed by atoms with E-state index in [2.05, 4.69) is 70.4 Å². The van der Waals surface area contributed by atoms with Gasteiger partial charge in [-0.05, 0) is 66.1 Å². The number of nitrogens with one attached hydrogen (secondary N) is 2. The average Bonchev–Trinajstić information content (AvgIpc) is 3.29. The number of nitrogens with zero attached hydrogens (tertiary/aromatic N) is 2. The number of hydrogen-bond acceptors (Lipinski definition) is 4. The molecule has 0 bridgehead atoms. The molecule has 5 aromatic rings. The molecule has 1 aliphatic heterocycles. The van der Waals surface area contributed by atoms with Crippen molar-refractivity contribution >= 4 is 21.8 Å². The monoisotopic (exact) mass is 424 g/mol. The Kier molecular flexibility index (Phi) is 4.47. The molecule has 3 aromatic carbocycles. The van der Waals surface area contributed by atoms with Gasteiger partial charge in [0, 0.05) is 17.7 Å². The van der Waals surface area contributed by atoms with Gasteiger partial charge in [-0.2, -0.15) is 0 Å². The maximum atomic E-state index is 6.02. The molecule has 6 rings (SSSR count). The topological polar surface area (TPSA) is 75.8 Å². The molecule has 0 spiro atoms. The molecule has 0 atom stereocenters. The summed E-state index contributed by atoms with van der Waals surface area (Å²) in [4.78, 5) is 16.1. The summed E-state index contributed by atoms with van der Waals surface area (Å²) in [7, 11) is 0. The van der Waals surface area contributed by atoms with Gasteiger partial charge >= 0.3 is 0 Å². The van der Waals surface area contributed by atoms with Crippen LogP contribution in [0.1, 0.15) is 28.5 Å². The summed E-state index contributed by atoms with van der Waals surface area (Å²) in [6, 6.07) is 17.0. The third-order valence-electron chi connectivity index (χ3n) is 5.96. The first-order chi connectivity index (χ1) is 15.6. The number of imidazole rings is 2. The summed E-state index contributed by atoms with van der Waals surface area (Å²) in [5.41, 5.74) is 7.50. The van der Waals surface area contributed by atoms with Crippen LogP contribution < -0.4 is 4.74 Å². The minimum Gasteiger partial charge on any atom is -0.492 e. The van der Waals surface area contributed by atoms with Crippen molar-refractivity contribution in [3.05, 3.63) is 77.0 Å². The highest BCUT2D eigenvalue weighted by atomic mass is 16.5. The van der Waals surface area contributed by atoms with Crippen LogP contribution in [0.4, 0.5) is 0 Å². The molecule has 0 aliphatic carbocycles. The molecule has 0 amide bonds. The third-order valence-corrected chi connectivity index (χ3v) is 5.96. The molecule has 3 heterocycles. The summed E-state index contributed by atoms with van der Waals surface area (Å²) in [5.74, 6) is 2.68. The quantitative estimate of drug-likeness (QED) is 0.406. The fourth-order valence-corrected chi connectivity index (χ4v) is 4.43. The number of aryl methyl sites for hydroxylation is 2. The number of aromatic amines is 2. The van der Waals surface area contributed by atoms with E-state index in [0.717, 1.165) is 57.4 Å². The normalized spacial score (nSPS) is 13.1. The zero-order valence-corrected chi connectivity index (χ0v) is 18.2. The Bertz CT molecular complexity index is 1460. The molecule has 2 aromatic heterocycles. The van der Waals surface area contributed by atoms with E-state index in [1.54, 1.807) is 0 Å². The van der Waals surface area contributed by atoms with Crippen LogP contribution in [-0.2, 0) is 24.4 Å². The van der Waals surface area contributed by atoms with Gasteiger partial charge in [0.05, 0.1) is 29.9 Å². The maximum absolute atomic E-state index is 6.02. The molecule has 160 valence electrons. The van der Waals surface area contributed by atoms with Crippen LogP contribution in [0.2, 0.25) is 0 Å². The van der Waals surface area contributed by atoms with Crippen molar-refractivity contribution in [2.45, 2.75) is 33.5 Å². The van der Waals surface area contributed by atoms with Crippen LogP contribution >= 0.6 is 0 Å². The van der Waals surface area contributed by atoms with Crippen molar-refractivity contribution < 1.29 is 9.47 Å². The first kappa shape index (κ1) is 19.1. The van der Waals surface area contributed by atoms with Crippen LogP contribution in [-0.4, -0.2) is 26.5 Å².